The lowest BCUT2D eigenvalue weighted by Crippen LogP contribution is -2.41. The highest BCUT2D eigenvalue weighted by Crippen LogP contribution is 2.19. The first-order valence-corrected chi connectivity index (χ1v) is 10.6. The minimum absolute atomic E-state index is 0.149. The van der Waals surface area contributed by atoms with Crippen LogP contribution >= 0.6 is 0 Å². The Bertz CT molecular complexity index is 523. The maximum absolute atomic E-state index is 11.0. The van der Waals surface area contributed by atoms with Crippen molar-refractivity contribution in [1.29, 1.82) is 0 Å². The van der Waals surface area contributed by atoms with E-state index in [9.17, 15) is 19.5 Å². The maximum atomic E-state index is 11.0. The predicted octanol–water partition coefficient (Wildman–Crippen LogP) is 1.37. The summed E-state index contributed by atoms with van der Waals surface area (Å²) in [6, 6.07) is 0. The fraction of sp³-hybridized carbons (Fsp3) is 0.609. The molecule has 0 spiro atoms. The van der Waals surface area contributed by atoms with Crippen LogP contribution in [-0.4, -0.2) is 89.1 Å². The molecule has 0 fully saturated rings. The molecule has 0 bridgehead atoms. The van der Waals surface area contributed by atoms with E-state index in [-0.39, 0.29) is 46.2 Å². The number of rotatable bonds is 22. The molecule has 1 N–H and O–H groups in total. The van der Waals surface area contributed by atoms with Crippen molar-refractivity contribution in [2.75, 3.05) is 66.1 Å². The third-order valence-electron chi connectivity index (χ3n) is 4.09. The molecule has 0 saturated heterocycles. The second kappa shape index (κ2) is 20.1. The first kappa shape index (κ1) is 30.5. The number of hydrogen-bond donors (Lipinski definition) is 1. The average molecular weight is 473 g/mol. The molecule has 0 saturated carbocycles. The van der Waals surface area contributed by atoms with Crippen molar-refractivity contribution in [3.8, 4) is 0 Å². The van der Waals surface area contributed by atoms with Crippen LogP contribution in [0.5, 0.6) is 0 Å². The quantitative estimate of drug-likeness (QED) is 0.107. The van der Waals surface area contributed by atoms with Gasteiger partial charge in [0.2, 0.25) is 0 Å². The Kier molecular flexibility index (Phi) is 18.6. The second-order valence-electron chi connectivity index (χ2n) is 6.99. The van der Waals surface area contributed by atoms with Gasteiger partial charge in [-0.3, -0.25) is 0 Å². The molecule has 10 heteroatoms. The fourth-order valence-corrected chi connectivity index (χ4v) is 2.31. The van der Waals surface area contributed by atoms with Crippen LogP contribution in [0.25, 0.3) is 0 Å². The van der Waals surface area contributed by atoms with Crippen LogP contribution in [-0.2, 0) is 42.8 Å². The molecule has 10 nitrogen and oxygen atoms in total. The first-order valence-electron chi connectivity index (χ1n) is 10.6. The number of aliphatic hydroxyl groups excluding tert-OH is 1. The molecule has 0 aliphatic carbocycles. The van der Waals surface area contributed by atoms with E-state index in [4.69, 9.17) is 28.4 Å². The van der Waals surface area contributed by atoms with Gasteiger partial charge in [-0.25, -0.2) is 14.4 Å². The molecule has 33 heavy (non-hydrogen) atoms. The van der Waals surface area contributed by atoms with Crippen LogP contribution in [0.3, 0.4) is 0 Å². The Morgan fingerprint density at radius 2 is 0.909 bits per heavy atom. The zero-order valence-corrected chi connectivity index (χ0v) is 19.2. The molecular formula is C23H36O10. The number of esters is 3. The molecular weight excluding hydrogens is 436 g/mol. The van der Waals surface area contributed by atoms with Gasteiger partial charge in [-0.15, -0.1) is 0 Å². The topological polar surface area (TPSA) is 127 Å². The molecule has 0 atom stereocenters. The second-order valence-corrected chi connectivity index (χ2v) is 6.99. The van der Waals surface area contributed by atoms with Gasteiger partial charge in [-0.1, -0.05) is 19.7 Å². The Hall–Kier alpha value is -2.53. The first-order chi connectivity index (χ1) is 15.9. The molecule has 188 valence electrons. The summed E-state index contributed by atoms with van der Waals surface area (Å²) in [6.45, 7) is 11.6. The van der Waals surface area contributed by atoms with Crippen LogP contribution in [0.1, 0.15) is 19.3 Å². The van der Waals surface area contributed by atoms with E-state index in [0.29, 0.717) is 39.1 Å². The van der Waals surface area contributed by atoms with Crippen LogP contribution in [0, 0.1) is 5.41 Å². The summed E-state index contributed by atoms with van der Waals surface area (Å²) in [5.74, 6) is -1.50. The molecule has 0 unspecified atom stereocenters. The highest BCUT2D eigenvalue weighted by atomic mass is 16.5. The monoisotopic (exact) mass is 472 g/mol. The summed E-state index contributed by atoms with van der Waals surface area (Å²) in [5.41, 5.74) is -0.826. The van der Waals surface area contributed by atoms with Crippen molar-refractivity contribution in [2.45, 2.75) is 19.3 Å². The van der Waals surface area contributed by atoms with Crippen molar-refractivity contribution in [3.63, 3.8) is 0 Å². The van der Waals surface area contributed by atoms with Crippen molar-refractivity contribution >= 4 is 17.9 Å². The van der Waals surface area contributed by atoms with Crippen LogP contribution in [0.15, 0.2) is 38.0 Å². The summed E-state index contributed by atoms with van der Waals surface area (Å²) < 4.78 is 31.6. The fourth-order valence-electron chi connectivity index (χ4n) is 2.31. The zero-order valence-electron chi connectivity index (χ0n) is 19.2. The summed E-state index contributed by atoms with van der Waals surface area (Å²) >= 11 is 0. The van der Waals surface area contributed by atoms with Crippen molar-refractivity contribution in [2.24, 2.45) is 5.41 Å². The van der Waals surface area contributed by atoms with Gasteiger partial charge in [0.1, 0.15) is 0 Å². The lowest BCUT2D eigenvalue weighted by atomic mass is 9.92. The Balaban J connectivity index is 4.46. The van der Waals surface area contributed by atoms with Crippen LogP contribution in [0.2, 0.25) is 0 Å². The summed E-state index contributed by atoms with van der Waals surface area (Å²) in [7, 11) is 0. The predicted molar refractivity (Wildman–Crippen MR) is 119 cm³/mol. The van der Waals surface area contributed by atoms with E-state index >= 15 is 0 Å². The molecule has 0 amide bonds. The third kappa shape index (κ3) is 16.7. The largest absolute Gasteiger partial charge is 0.462 e. The normalized spacial score (nSPS) is 10.8. The van der Waals surface area contributed by atoms with Gasteiger partial charge in [0.25, 0.3) is 0 Å². The number of carbonyl (C=O) groups is 3. The van der Waals surface area contributed by atoms with E-state index in [1.165, 1.54) is 0 Å². The number of aliphatic hydroxyl groups is 1. The van der Waals surface area contributed by atoms with Crippen LogP contribution < -0.4 is 0 Å². The highest BCUT2D eigenvalue weighted by Gasteiger charge is 2.31. The Morgan fingerprint density at radius 1 is 0.606 bits per heavy atom. The van der Waals surface area contributed by atoms with Crippen molar-refractivity contribution < 1.29 is 47.9 Å². The van der Waals surface area contributed by atoms with Gasteiger partial charge in [-0.2, -0.15) is 0 Å². The SMILES string of the molecule is C=CC(=O)OCCCOCC(CO)(COCCCOC(=O)C=C)COCCCOC(=O)C=C. The summed E-state index contributed by atoms with van der Waals surface area (Å²) in [4.78, 5) is 33.1. The van der Waals surface area contributed by atoms with Crippen molar-refractivity contribution in [3.05, 3.63) is 38.0 Å². The molecule has 0 radical (unpaired) electrons. The van der Waals surface area contributed by atoms with Crippen LogP contribution in [0.4, 0.5) is 0 Å². The molecule has 0 aromatic rings. The molecule has 0 aromatic carbocycles. The molecule has 0 heterocycles. The van der Waals surface area contributed by atoms with Gasteiger partial charge in [0.05, 0.1) is 51.7 Å². The minimum atomic E-state index is -0.826. The van der Waals surface area contributed by atoms with E-state index in [1.807, 2.05) is 0 Å². The highest BCUT2D eigenvalue weighted by molar-refractivity contribution is 5.81. The van der Waals surface area contributed by atoms with Gasteiger partial charge >= 0.3 is 17.9 Å². The maximum Gasteiger partial charge on any atom is 0.330 e. The van der Waals surface area contributed by atoms with Gasteiger partial charge in [0, 0.05) is 57.3 Å². The minimum Gasteiger partial charge on any atom is -0.462 e. The third-order valence-corrected chi connectivity index (χ3v) is 4.09. The van der Waals surface area contributed by atoms with Gasteiger partial charge in [-0.05, 0) is 0 Å². The lowest BCUT2D eigenvalue weighted by molar-refractivity contribution is -0.139. The molecule has 0 aliphatic heterocycles. The smallest absolute Gasteiger partial charge is 0.330 e. The molecule has 0 aromatic heterocycles. The van der Waals surface area contributed by atoms with Crippen molar-refractivity contribution in [1.82, 2.24) is 0 Å². The standard InChI is InChI=1S/C23H36O10/c1-4-20(25)31-13-7-10-28-17-23(16-24,18-29-11-8-14-32-21(26)5-2)19-30-12-9-15-33-22(27)6-3/h4-6,24H,1-3,7-19H2. The molecule has 0 rings (SSSR count). The van der Waals surface area contributed by atoms with Gasteiger partial charge in [0.15, 0.2) is 0 Å². The average Bonchev–Trinajstić information content (AvgIpc) is 2.84. The number of carbonyl (C=O) groups excluding carboxylic acids is 3. The Labute approximate surface area is 195 Å². The Morgan fingerprint density at radius 3 is 1.15 bits per heavy atom. The summed E-state index contributed by atoms with van der Waals surface area (Å²) in [5, 5.41) is 10.0. The van der Waals surface area contributed by atoms with E-state index in [1.54, 1.807) is 0 Å². The van der Waals surface area contributed by atoms with E-state index < -0.39 is 23.3 Å². The lowest BCUT2D eigenvalue weighted by Gasteiger charge is -2.31. The van der Waals surface area contributed by atoms with E-state index in [2.05, 4.69) is 19.7 Å². The zero-order chi connectivity index (χ0) is 24.8. The van der Waals surface area contributed by atoms with Gasteiger partial charge < -0.3 is 33.5 Å². The number of hydrogen-bond acceptors (Lipinski definition) is 10. The number of ether oxygens (including phenoxy) is 6. The molecule has 0 aliphatic rings. The van der Waals surface area contributed by atoms with E-state index in [0.717, 1.165) is 18.2 Å². The summed E-state index contributed by atoms with van der Waals surface area (Å²) in [6.07, 6.45) is 4.69.